The molecule has 0 aliphatic heterocycles. The van der Waals surface area contributed by atoms with Crippen molar-refractivity contribution < 1.29 is 4.74 Å². The molecule has 1 heteroatoms. The summed E-state index contributed by atoms with van der Waals surface area (Å²) in [7, 11) is 0. The van der Waals surface area contributed by atoms with Crippen molar-refractivity contribution in [1.82, 2.24) is 0 Å². The van der Waals surface area contributed by atoms with Crippen molar-refractivity contribution in [3.05, 3.63) is 109 Å². The molecule has 0 saturated heterocycles. The monoisotopic (exact) mass is 350 g/mol. The van der Waals surface area contributed by atoms with Gasteiger partial charge in [-0.15, -0.1) is 0 Å². The molecule has 0 aliphatic rings. The fourth-order valence-electron chi connectivity index (χ4n) is 3.52. The van der Waals surface area contributed by atoms with E-state index in [0.29, 0.717) is 13.2 Å². The summed E-state index contributed by atoms with van der Waals surface area (Å²) in [6.07, 6.45) is 0. The quantitative estimate of drug-likeness (QED) is 0.374. The highest BCUT2D eigenvalue weighted by Crippen LogP contribution is 2.26. The molecule has 0 spiro atoms. The summed E-state index contributed by atoms with van der Waals surface area (Å²) in [5, 5.41) is 4.86. The highest BCUT2D eigenvalue weighted by atomic mass is 16.5. The molecule has 0 radical (unpaired) electrons. The van der Waals surface area contributed by atoms with Gasteiger partial charge in [-0.25, -0.2) is 0 Å². The lowest BCUT2D eigenvalue weighted by Crippen LogP contribution is -2.01. The van der Waals surface area contributed by atoms with E-state index in [4.69, 9.17) is 4.74 Å². The molecule has 0 atom stereocenters. The van der Waals surface area contributed by atoms with Gasteiger partial charge in [0.1, 0.15) is 0 Å². The van der Waals surface area contributed by atoms with Gasteiger partial charge in [0.05, 0.1) is 13.2 Å². The topological polar surface area (TPSA) is 9.23 Å². The van der Waals surface area contributed by atoms with Crippen LogP contribution >= 0.6 is 0 Å². The third-order valence-corrected chi connectivity index (χ3v) is 4.89. The van der Waals surface area contributed by atoms with E-state index in [1.165, 1.54) is 21.5 Å². The first-order valence-corrected chi connectivity index (χ1v) is 9.13. The SMILES string of the molecule is C=C(COCC(=C)c1cccc2ccccc12)c1cccc2ccccc12. The van der Waals surface area contributed by atoms with E-state index in [1.807, 2.05) is 0 Å². The zero-order valence-electron chi connectivity index (χ0n) is 15.3. The van der Waals surface area contributed by atoms with Gasteiger partial charge in [-0.05, 0) is 43.8 Å². The summed E-state index contributed by atoms with van der Waals surface area (Å²) in [6, 6.07) is 29.3. The van der Waals surface area contributed by atoms with Crippen LogP contribution in [0.5, 0.6) is 0 Å². The van der Waals surface area contributed by atoms with E-state index >= 15 is 0 Å². The Kier molecular flexibility index (Phi) is 4.86. The van der Waals surface area contributed by atoms with Crippen LogP contribution in [-0.2, 0) is 4.74 Å². The van der Waals surface area contributed by atoms with Gasteiger partial charge in [0, 0.05) is 0 Å². The highest BCUT2D eigenvalue weighted by molar-refractivity contribution is 5.94. The molecule has 0 unspecified atom stereocenters. The fourth-order valence-corrected chi connectivity index (χ4v) is 3.52. The summed E-state index contributed by atoms with van der Waals surface area (Å²) in [4.78, 5) is 0. The molecular formula is C26H22O. The number of ether oxygens (including phenoxy) is 1. The van der Waals surface area contributed by atoms with Crippen LogP contribution in [-0.4, -0.2) is 13.2 Å². The van der Waals surface area contributed by atoms with Gasteiger partial charge in [0.15, 0.2) is 0 Å². The van der Waals surface area contributed by atoms with Crippen molar-refractivity contribution in [1.29, 1.82) is 0 Å². The molecule has 4 aromatic rings. The third-order valence-electron chi connectivity index (χ3n) is 4.89. The van der Waals surface area contributed by atoms with E-state index in [1.54, 1.807) is 0 Å². The number of hydrogen-bond acceptors (Lipinski definition) is 1. The molecule has 27 heavy (non-hydrogen) atoms. The summed E-state index contributed by atoms with van der Waals surface area (Å²) < 4.78 is 5.96. The maximum atomic E-state index is 5.96. The van der Waals surface area contributed by atoms with Crippen LogP contribution < -0.4 is 0 Å². The minimum Gasteiger partial charge on any atom is -0.372 e. The lowest BCUT2D eigenvalue weighted by molar-refractivity contribution is 0.205. The number of hydrogen-bond donors (Lipinski definition) is 0. The van der Waals surface area contributed by atoms with Crippen molar-refractivity contribution >= 4 is 32.7 Å². The lowest BCUT2D eigenvalue weighted by atomic mass is 9.99. The van der Waals surface area contributed by atoms with E-state index in [-0.39, 0.29) is 0 Å². The Balaban J connectivity index is 1.46. The van der Waals surface area contributed by atoms with Crippen LogP contribution in [0, 0.1) is 0 Å². The predicted molar refractivity (Wildman–Crippen MR) is 117 cm³/mol. The third kappa shape index (κ3) is 3.55. The first kappa shape index (κ1) is 17.3. The summed E-state index contributed by atoms with van der Waals surface area (Å²) in [5.41, 5.74) is 4.25. The second-order valence-electron chi connectivity index (χ2n) is 6.75. The molecule has 4 rings (SSSR count). The molecular weight excluding hydrogens is 328 g/mol. The van der Waals surface area contributed by atoms with Gasteiger partial charge in [0.25, 0.3) is 0 Å². The van der Waals surface area contributed by atoms with Crippen LogP contribution in [0.3, 0.4) is 0 Å². The van der Waals surface area contributed by atoms with Crippen molar-refractivity contribution in [2.45, 2.75) is 0 Å². The largest absolute Gasteiger partial charge is 0.372 e. The normalized spacial score (nSPS) is 11.0. The van der Waals surface area contributed by atoms with Crippen LogP contribution in [0.1, 0.15) is 11.1 Å². The highest BCUT2D eigenvalue weighted by Gasteiger charge is 2.07. The molecule has 1 nitrogen and oxygen atoms in total. The lowest BCUT2D eigenvalue weighted by Gasteiger charge is -2.13. The molecule has 0 N–H and O–H groups in total. The maximum Gasteiger partial charge on any atom is 0.0721 e. The fraction of sp³-hybridized carbons (Fsp3) is 0.0769. The minimum absolute atomic E-state index is 0.484. The number of benzene rings is 4. The van der Waals surface area contributed by atoms with Crippen molar-refractivity contribution in [2.24, 2.45) is 0 Å². The Morgan fingerprint density at radius 1 is 0.556 bits per heavy atom. The minimum atomic E-state index is 0.484. The zero-order valence-corrected chi connectivity index (χ0v) is 15.3. The molecule has 0 bridgehead atoms. The number of fused-ring (bicyclic) bond motifs is 2. The van der Waals surface area contributed by atoms with Crippen LogP contribution in [0.2, 0.25) is 0 Å². The second kappa shape index (κ2) is 7.61. The molecule has 0 fully saturated rings. The van der Waals surface area contributed by atoms with Crippen LogP contribution in [0.4, 0.5) is 0 Å². The standard InChI is InChI=1S/C26H22O/c1-19(23-15-7-11-21-9-3-5-13-25(21)23)17-27-18-20(2)24-16-8-12-22-10-4-6-14-26(22)24/h3-16H,1-2,17-18H2. The predicted octanol–water partition coefficient (Wildman–Crippen LogP) is 6.74. The maximum absolute atomic E-state index is 5.96. The Morgan fingerprint density at radius 3 is 1.44 bits per heavy atom. The average molecular weight is 350 g/mol. The van der Waals surface area contributed by atoms with Crippen LogP contribution in [0.15, 0.2) is 98.1 Å². The average Bonchev–Trinajstić information content (AvgIpc) is 2.72. The molecule has 0 aliphatic carbocycles. The molecule has 0 amide bonds. The van der Waals surface area contributed by atoms with Crippen molar-refractivity contribution in [3.8, 4) is 0 Å². The molecule has 0 aromatic heterocycles. The Bertz CT molecular complexity index is 1040. The first-order valence-electron chi connectivity index (χ1n) is 9.13. The van der Waals surface area contributed by atoms with Gasteiger partial charge in [-0.3, -0.25) is 0 Å². The molecule has 0 heterocycles. The summed E-state index contributed by atoms with van der Waals surface area (Å²) in [6.45, 7) is 9.45. The molecule has 0 saturated carbocycles. The molecule has 4 aromatic carbocycles. The Morgan fingerprint density at radius 2 is 0.963 bits per heavy atom. The van der Waals surface area contributed by atoms with Gasteiger partial charge in [-0.2, -0.15) is 0 Å². The van der Waals surface area contributed by atoms with E-state index in [9.17, 15) is 0 Å². The summed E-state index contributed by atoms with van der Waals surface area (Å²) in [5.74, 6) is 0. The second-order valence-corrected chi connectivity index (χ2v) is 6.75. The molecule has 132 valence electrons. The zero-order chi connectivity index (χ0) is 18.6. The Hall–Kier alpha value is -3.16. The van der Waals surface area contributed by atoms with Gasteiger partial charge < -0.3 is 4.74 Å². The number of rotatable bonds is 6. The Labute approximate surface area is 160 Å². The van der Waals surface area contributed by atoms with Gasteiger partial charge in [-0.1, -0.05) is 98.1 Å². The van der Waals surface area contributed by atoms with Crippen molar-refractivity contribution in [2.75, 3.05) is 13.2 Å². The first-order chi connectivity index (χ1) is 13.2. The van der Waals surface area contributed by atoms with E-state index in [2.05, 4.69) is 98.1 Å². The van der Waals surface area contributed by atoms with Crippen LogP contribution in [0.25, 0.3) is 32.7 Å². The van der Waals surface area contributed by atoms with E-state index < -0.39 is 0 Å². The summed E-state index contributed by atoms with van der Waals surface area (Å²) >= 11 is 0. The van der Waals surface area contributed by atoms with Gasteiger partial charge in [0.2, 0.25) is 0 Å². The van der Waals surface area contributed by atoms with Gasteiger partial charge >= 0.3 is 0 Å². The van der Waals surface area contributed by atoms with Crippen molar-refractivity contribution in [3.63, 3.8) is 0 Å². The smallest absolute Gasteiger partial charge is 0.0721 e. The van der Waals surface area contributed by atoms with E-state index in [0.717, 1.165) is 22.3 Å².